The second kappa shape index (κ2) is 6.19. The van der Waals surface area contributed by atoms with Crippen molar-refractivity contribution < 1.29 is 19.6 Å². The van der Waals surface area contributed by atoms with Crippen molar-refractivity contribution in [2.45, 2.75) is 32.1 Å². The Morgan fingerprint density at radius 1 is 1.37 bits per heavy atom. The van der Waals surface area contributed by atoms with Crippen LogP contribution >= 0.6 is 15.9 Å². The van der Waals surface area contributed by atoms with E-state index in [1.54, 1.807) is 25.1 Å². The fourth-order valence-electron chi connectivity index (χ4n) is 4.15. The zero-order valence-electron chi connectivity index (χ0n) is 15.6. The maximum absolute atomic E-state index is 13.1. The number of carbonyl (C=O) groups is 1. The van der Waals surface area contributed by atoms with Gasteiger partial charge in [0.1, 0.15) is 11.1 Å². The molecule has 0 saturated carbocycles. The lowest BCUT2D eigenvalue weighted by Crippen LogP contribution is -2.44. The molecule has 0 radical (unpaired) electrons. The minimum Gasteiger partial charge on any atom is -0.458 e. The van der Waals surface area contributed by atoms with Crippen LogP contribution in [-0.2, 0) is 28.3 Å². The van der Waals surface area contributed by atoms with Gasteiger partial charge >= 0.3 is 5.97 Å². The highest BCUT2D eigenvalue weighted by Gasteiger charge is 2.45. The van der Waals surface area contributed by atoms with Gasteiger partial charge in [-0.2, -0.15) is 0 Å². The number of rotatable bonds is 2. The Morgan fingerprint density at radius 2 is 2.13 bits per heavy atom. The summed E-state index contributed by atoms with van der Waals surface area (Å²) in [6.07, 6.45) is 0.0658. The first-order valence-corrected chi connectivity index (χ1v) is 9.99. The number of hydrogen-bond donors (Lipinski definition) is 1. The number of fused-ring (bicyclic) bond motifs is 5. The van der Waals surface area contributed by atoms with Crippen LogP contribution in [-0.4, -0.2) is 25.6 Å². The number of carbonyl (C=O) groups excluding carboxylic acids is 1. The topological polar surface area (TPSA) is 125 Å². The van der Waals surface area contributed by atoms with Crippen molar-refractivity contribution in [1.29, 1.82) is 0 Å². The molecule has 2 aliphatic rings. The van der Waals surface area contributed by atoms with Gasteiger partial charge in [-0.15, -0.1) is 0 Å². The summed E-state index contributed by atoms with van der Waals surface area (Å²) >= 11 is 3.29. The van der Waals surface area contributed by atoms with Crippen LogP contribution in [0, 0.1) is 10.1 Å². The zero-order valence-corrected chi connectivity index (χ0v) is 17.2. The lowest BCUT2D eigenvalue weighted by molar-refractivity contribution is -0.385. The highest BCUT2D eigenvalue weighted by Crippen LogP contribution is 2.40. The lowest BCUT2D eigenvalue weighted by Gasteiger charge is -2.31. The van der Waals surface area contributed by atoms with Gasteiger partial charge in [0.15, 0.2) is 5.60 Å². The molecule has 1 aromatic carbocycles. The molecule has 5 rings (SSSR count). The van der Waals surface area contributed by atoms with Crippen LogP contribution in [0.4, 0.5) is 5.69 Å². The van der Waals surface area contributed by atoms with Gasteiger partial charge in [-0.25, -0.2) is 9.78 Å². The highest BCUT2D eigenvalue weighted by atomic mass is 79.9. The van der Waals surface area contributed by atoms with Crippen LogP contribution in [0.15, 0.2) is 33.5 Å². The monoisotopic (exact) mass is 471 g/mol. The van der Waals surface area contributed by atoms with Crippen molar-refractivity contribution in [2.24, 2.45) is 0 Å². The fourth-order valence-corrected chi connectivity index (χ4v) is 4.74. The molecule has 0 fully saturated rings. The van der Waals surface area contributed by atoms with Gasteiger partial charge in [-0.3, -0.25) is 14.9 Å². The predicted molar refractivity (Wildman–Crippen MR) is 109 cm³/mol. The second-order valence-electron chi connectivity index (χ2n) is 7.32. The van der Waals surface area contributed by atoms with E-state index in [0.717, 1.165) is 5.56 Å². The number of esters is 1. The Bertz CT molecular complexity index is 1370. The minimum atomic E-state index is -1.88. The Balaban J connectivity index is 1.77. The number of nitro benzene ring substituents is 1. The van der Waals surface area contributed by atoms with Crippen molar-refractivity contribution in [3.05, 3.63) is 65.9 Å². The Hall–Kier alpha value is -3.11. The molecule has 2 aromatic heterocycles. The fraction of sp³-hybridized carbons (Fsp3) is 0.250. The lowest BCUT2D eigenvalue weighted by atomic mass is 9.86. The minimum absolute atomic E-state index is 0.0658. The zero-order chi connectivity index (χ0) is 21.4. The number of halogens is 1. The second-order valence-corrected chi connectivity index (χ2v) is 8.11. The number of benzene rings is 1. The molecule has 0 amide bonds. The first-order chi connectivity index (χ1) is 14.3. The van der Waals surface area contributed by atoms with Crippen LogP contribution in [0.1, 0.15) is 30.0 Å². The van der Waals surface area contributed by atoms with Gasteiger partial charge in [0.05, 0.1) is 33.9 Å². The molecule has 4 heterocycles. The number of nitrogens with zero attached hydrogens (tertiary/aromatic N) is 3. The van der Waals surface area contributed by atoms with E-state index >= 15 is 0 Å². The van der Waals surface area contributed by atoms with Gasteiger partial charge in [-0.1, -0.05) is 6.92 Å². The van der Waals surface area contributed by atoms with E-state index in [2.05, 4.69) is 20.9 Å². The molecule has 1 N–H and O–H groups in total. The number of aromatic nitrogens is 2. The summed E-state index contributed by atoms with van der Waals surface area (Å²) in [5, 5.41) is 22.7. The number of hydrogen-bond acceptors (Lipinski definition) is 7. The molecule has 3 aromatic rings. The molecular formula is C20H14BrN3O6. The van der Waals surface area contributed by atoms with Crippen LogP contribution in [0.5, 0.6) is 0 Å². The van der Waals surface area contributed by atoms with Crippen LogP contribution in [0.2, 0.25) is 0 Å². The maximum atomic E-state index is 13.1. The van der Waals surface area contributed by atoms with Crippen LogP contribution in [0.25, 0.3) is 22.3 Å². The van der Waals surface area contributed by atoms with Crippen LogP contribution < -0.4 is 5.56 Å². The molecule has 152 valence electrons. The van der Waals surface area contributed by atoms with Gasteiger partial charge in [-0.05, 0) is 40.5 Å². The normalized spacial score (nSPS) is 19.2. The number of aliphatic hydroxyl groups is 1. The van der Waals surface area contributed by atoms with Crippen molar-refractivity contribution in [3.63, 3.8) is 0 Å². The molecule has 1 atom stereocenters. The van der Waals surface area contributed by atoms with E-state index < -0.39 is 16.5 Å². The van der Waals surface area contributed by atoms with Crippen molar-refractivity contribution in [3.8, 4) is 11.4 Å². The number of nitro groups is 1. The summed E-state index contributed by atoms with van der Waals surface area (Å²) < 4.78 is 6.90. The molecule has 0 spiro atoms. The summed E-state index contributed by atoms with van der Waals surface area (Å²) in [7, 11) is 0. The van der Waals surface area contributed by atoms with E-state index in [1.165, 1.54) is 10.6 Å². The predicted octanol–water partition coefficient (Wildman–Crippen LogP) is 2.75. The quantitative estimate of drug-likeness (QED) is 0.270. The van der Waals surface area contributed by atoms with Crippen molar-refractivity contribution in [2.75, 3.05) is 0 Å². The third-order valence-electron chi connectivity index (χ3n) is 5.80. The third kappa shape index (κ3) is 2.34. The van der Waals surface area contributed by atoms with Crippen molar-refractivity contribution >= 4 is 38.5 Å². The van der Waals surface area contributed by atoms with Gasteiger partial charge in [0.25, 0.3) is 11.2 Å². The van der Waals surface area contributed by atoms with E-state index in [0.29, 0.717) is 26.8 Å². The van der Waals surface area contributed by atoms with E-state index in [1.807, 2.05) is 0 Å². The molecule has 2 aliphatic heterocycles. The Morgan fingerprint density at radius 3 is 2.83 bits per heavy atom. The first-order valence-electron chi connectivity index (χ1n) is 9.20. The molecular weight excluding hydrogens is 458 g/mol. The third-order valence-corrected chi connectivity index (χ3v) is 6.64. The molecule has 0 bridgehead atoms. The first kappa shape index (κ1) is 18.9. The van der Waals surface area contributed by atoms with Crippen molar-refractivity contribution in [1.82, 2.24) is 9.55 Å². The molecule has 30 heavy (non-hydrogen) atoms. The number of cyclic esters (lactones) is 1. The molecule has 0 aliphatic carbocycles. The standard InChI is InChI=1S/C20H14BrN3O6/c1-2-20(27)12-6-15-17-9(7-23(15)18(25)11(12)8-30-19(20)26)5-10-13(22-17)3-4-14(16(10)21)24(28)29/h3-6,27H,2,7-8H2,1H3/t20-/m0/s1. The van der Waals surface area contributed by atoms with E-state index in [-0.39, 0.29) is 41.9 Å². The molecule has 9 nitrogen and oxygen atoms in total. The van der Waals surface area contributed by atoms with Gasteiger partial charge < -0.3 is 14.4 Å². The molecule has 0 unspecified atom stereocenters. The average molecular weight is 472 g/mol. The SMILES string of the molecule is CC[C@@]1(O)C(=O)OCc2c1cc1n(c2=O)Cc2cc3c(Br)c([N+](=O)[O-])ccc3nc2-1. The van der Waals surface area contributed by atoms with Crippen LogP contribution in [0.3, 0.4) is 0 Å². The number of pyridine rings is 2. The van der Waals surface area contributed by atoms with Gasteiger partial charge in [0.2, 0.25) is 0 Å². The summed E-state index contributed by atoms with van der Waals surface area (Å²) in [6.45, 7) is 1.68. The molecule has 10 heteroatoms. The van der Waals surface area contributed by atoms with E-state index in [4.69, 9.17) is 4.74 Å². The van der Waals surface area contributed by atoms with E-state index in [9.17, 15) is 24.8 Å². The van der Waals surface area contributed by atoms with Gasteiger partial charge in [0, 0.05) is 22.6 Å². The average Bonchev–Trinajstić information content (AvgIpc) is 3.08. The molecule has 0 saturated heterocycles. The largest absolute Gasteiger partial charge is 0.458 e. The smallest absolute Gasteiger partial charge is 0.343 e. The summed E-state index contributed by atoms with van der Waals surface area (Å²) in [4.78, 5) is 40.7. The highest BCUT2D eigenvalue weighted by molar-refractivity contribution is 9.10. The number of ether oxygens (including phenoxy) is 1. The maximum Gasteiger partial charge on any atom is 0.343 e. The Labute approximate surface area is 177 Å². The summed E-state index contributed by atoms with van der Waals surface area (Å²) in [5.74, 6) is -0.775. The Kier molecular flexibility index (Phi) is 3.90. The summed E-state index contributed by atoms with van der Waals surface area (Å²) in [6, 6.07) is 6.32. The summed E-state index contributed by atoms with van der Waals surface area (Å²) in [5.41, 5.74) is 0.461.